The number of thiazole rings is 1. The number of rotatable bonds is 6. The molecule has 4 heteroatoms. The van der Waals surface area contributed by atoms with Crippen molar-refractivity contribution in [3.8, 4) is 0 Å². The zero-order chi connectivity index (χ0) is 18.6. The van der Waals surface area contributed by atoms with Crippen molar-refractivity contribution in [2.75, 3.05) is 11.4 Å². The van der Waals surface area contributed by atoms with Crippen molar-refractivity contribution in [3.05, 3.63) is 96.0 Å². The first-order valence-corrected chi connectivity index (χ1v) is 10.5. The van der Waals surface area contributed by atoms with Gasteiger partial charge in [-0.05, 0) is 30.4 Å². The summed E-state index contributed by atoms with van der Waals surface area (Å²) in [4.78, 5) is 3.60. The lowest BCUT2D eigenvalue weighted by molar-refractivity contribution is -0.658. The molecule has 1 aliphatic rings. The first-order valence-electron chi connectivity index (χ1n) is 8.88. The van der Waals surface area contributed by atoms with Gasteiger partial charge in [0.15, 0.2) is 6.54 Å². The molecule has 2 nitrogen and oxygen atoms in total. The van der Waals surface area contributed by atoms with Crippen molar-refractivity contribution in [2.45, 2.75) is 11.4 Å². The van der Waals surface area contributed by atoms with Crippen LogP contribution in [0.2, 0.25) is 0 Å². The van der Waals surface area contributed by atoms with Crippen molar-refractivity contribution in [1.29, 1.82) is 0 Å². The monoisotopic (exact) mass is 389 g/mol. The van der Waals surface area contributed by atoms with Gasteiger partial charge < -0.3 is 4.90 Å². The molecule has 1 aliphatic heterocycles. The maximum Gasteiger partial charge on any atom is 0.263 e. The third kappa shape index (κ3) is 3.51. The van der Waals surface area contributed by atoms with Crippen molar-refractivity contribution in [1.82, 2.24) is 0 Å². The molecule has 3 aromatic rings. The van der Waals surface area contributed by atoms with E-state index in [9.17, 15) is 0 Å². The summed E-state index contributed by atoms with van der Waals surface area (Å²) in [7, 11) is 0. The van der Waals surface area contributed by atoms with Crippen LogP contribution < -0.4 is 9.47 Å². The zero-order valence-corrected chi connectivity index (χ0v) is 16.7. The number of hydrogen-bond acceptors (Lipinski definition) is 3. The lowest BCUT2D eigenvalue weighted by Crippen LogP contribution is -2.33. The van der Waals surface area contributed by atoms with Gasteiger partial charge in [0.25, 0.3) is 5.01 Å². The molecular weight excluding hydrogens is 368 g/mol. The van der Waals surface area contributed by atoms with E-state index in [2.05, 4.69) is 89.4 Å². The molecular formula is C23H21N2S2+. The molecule has 4 rings (SSSR count). The standard InChI is InChI=1S/C23H21N2S2/c1-3-16-24-18-10-5-7-12-20(18)26-22(24)14-9-15-23-25(17-4-2)19-11-6-8-13-21(19)27-23/h3-15H,1-2,16-17H2/q+1. The number of thioether (sulfide) groups is 1. The van der Waals surface area contributed by atoms with Gasteiger partial charge in [-0.3, -0.25) is 0 Å². The molecule has 0 amide bonds. The van der Waals surface area contributed by atoms with E-state index in [1.54, 1.807) is 0 Å². The minimum atomic E-state index is 0.809. The first kappa shape index (κ1) is 17.8. The molecule has 0 spiro atoms. The van der Waals surface area contributed by atoms with E-state index >= 15 is 0 Å². The van der Waals surface area contributed by atoms with Gasteiger partial charge in [-0.1, -0.05) is 66.1 Å². The number of nitrogens with zero attached hydrogens (tertiary/aromatic N) is 2. The molecule has 0 atom stereocenters. The van der Waals surface area contributed by atoms with E-state index in [-0.39, 0.29) is 0 Å². The number of allylic oxidation sites excluding steroid dienone is 3. The van der Waals surface area contributed by atoms with Crippen LogP contribution in [0.4, 0.5) is 5.69 Å². The summed E-state index contributed by atoms with van der Waals surface area (Å²) in [6.07, 6.45) is 10.4. The minimum absolute atomic E-state index is 0.809. The molecule has 27 heavy (non-hydrogen) atoms. The summed E-state index contributed by atoms with van der Waals surface area (Å²) in [6.45, 7) is 9.43. The quantitative estimate of drug-likeness (QED) is 0.375. The maximum absolute atomic E-state index is 3.91. The highest BCUT2D eigenvalue weighted by atomic mass is 32.2. The fourth-order valence-electron chi connectivity index (χ4n) is 3.20. The van der Waals surface area contributed by atoms with Gasteiger partial charge >= 0.3 is 0 Å². The van der Waals surface area contributed by atoms with Crippen LogP contribution in [-0.4, -0.2) is 6.54 Å². The van der Waals surface area contributed by atoms with Gasteiger partial charge in [-0.2, -0.15) is 4.57 Å². The summed E-state index contributed by atoms with van der Waals surface area (Å²) in [5.41, 5.74) is 2.51. The third-order valence-electron chi connectivity index (χ3n) is 4.37. The minimum Gasteiger partial charge on any atom is -0.331 e. The highest BCUT2D eigenvalue weighted by Gasteiger charge is 2.23. The highest BCUT2D eigenvalue weighted by Crippen LogP contribution is 2.45. The van der Waals surface area contributed by atoms with E-state index in [4.69, 9.17) is 0 Å². The number of aromatic nitrogens is 1. The molecule has 0 saturated carbocycles. The van der Waals surface area contributed by atoms with Crippen LogP contribution in [0, 0.1) is 0 Å². The van der Waals surface area contributed by atoms with Gasteiger partial charge in [0, 0.05) is 23.6 Å². The van der Waals surface area contributed by atoms with E-state index < -0.39 is 0 Å². The summed E-state index contributed by atoms with van der Waals surface area (Å²) in [5, 5.41) is 2.45. The van der Waals surface area contributed by atoms with Crippen LogP contribution in [0.1, 0.15) is 5.01 Å². The lowest BCUT2D eigenvalue weighted by Gasteiger charge is -2.17. The Kier molecular flexibility index (Phi) is 5.28. The van der Waals surface area contributed by atoms with Crippen molar-refractivity contribution < 1.29 is 4.57 Å². The first-order chi connectivity index (χ1) is 13.3. The average Bonchev–Trinajstić information content (AvgIpc) is 3.21. The molecule has 0 saturated heterocycles. The molecule has 0 radical (unpaired) electrons. The Morgan fingerprint density at radius 1 is 1.00 bits per heavy atom. The topological polar surface area (TPSA) is 7.12 Å². The molecule has 0 unspecified atom stereocenters. The van der Waals surface area contributed by atoms with E-state index in [0.29, 0.717) is 0 Å². The summed E-state index contributed by atoms with van der Waals surface area (Å²) in [6, 6.07) is 17.0. The van der Waals surface area contributed by atoms with Crippen LogP contribution in [0.3, 0.4) is 0 Å². The van der Waals surface area contributed by atoms with Crippen LogP contribution in [0.5, 0.6) is 0 Å². The molecule has 0 aliphatic carbocycles. The van der Waals surface area contributed by atoms with E-state index in [1.165, 1.54) is 30.8 Å². The van der Waals surface area contributed by atoms with Crippen molar-refractivity contribution >= 4 is 45.1 Å². The largest absolute Gasteiger partial charge is 0.331 e. The smallest absolute Gasteiger partial charge is 0.263 e. The Bertz CT molecular complexity index is 1060. The van der Waals surface area contributed by atoms with Gasteiger partial charge in [0.05, 0.1) is 10.7 Å². The number of para-hydroxylation sites is 2. The predicted molar refractivity (Wildman–Crippen MR) is 119 cm³/mol. The summed E-state index contributed by atoms with van der Waals surface area (Å²) < 4.78 is 3.60. The highest BCUT2D eigenvalue weighted by molar-refractivity contribution is 8.03. The average molecular weight is 390 g/mol. The Hall–Kier alpha value is -2.56. The second-order valence-electron chi connectivity index (χ2n) is 6.14. The number of hydrogen-bond donors (Lipinski definition) is 0. The SMILES string of the molecule is C=CCN1/C(=C\C=C\c2sc3ccccc3[n+]2CC=C)Sc2ccccc21. The van der Waals surface area contributed by atoms with Crippen LogP contribution in [0.15, 0.2) is 95.9 Å². The fourth-order valence-corrected chi connectivity index (χ4v) is 5.37. The van der Waals surface area contributed by atoms with Gasteiger partial charge in [0.2, 0.25) is 5.52 Å². The molecule has 2 aromatic carbocycles. The Morgan fingerprint density at radius 2 is 1.81 bits per heavy atom. The molecule has 2 heterocycles. The Balaban J connectivity index is 1.66. The van der Waals surface area contributed by atoms with Gasteiger partial charge in [0.1, 0.15) is 4.70 Å². The fraction of sp³-hybridized carbons (Fsp3) is 0.0870. The second kappa shape index (κ2) is 7.99. The van der Waals surface area contributed by atoms with E-state index in [1.807, 2.05) is 35.3 Å². The van der Waals surface area contributed by atoms with Crippen molar-refractivity contribution in [3.63, 3.8) is 0 Å². The predicted octanol–water partition coefficient (Wildman–Crippen LogP) is 6.03. The maximum atomic E-state index is 3.91. The van der Waals surface area contributed by atoms with Crippen LogP contribution in [0.25, 0.3) is 16.3 Å². The van der Waals surface area contributed by atoms with E-state index in [0.717, 1.165) is 13.1 Å². The molecule has 1 aromatic heterocycles. The Morgan fingerprint density at radius 3 is 2.67 bits per heavy atom. The molecule has 0 N–H and O–H groups in total. The van der Waals surface area contributed by atoms with Crippen molar-refractivity contribution in [2.24, 2.45) is 0 Å². The molecule has 0 bridgehead atoms. The van der Waals surface area contributed by atoms with Crippen LogP contribution >= 0.6 is 23.1 Å². The van der Waals surface area contributed by atoms with Gasteiger partial charge in [-0.25, -0.2) is 0 Å². The van der Waals surface area contributed by atoms with Gasteiger partial charge in [-0.15, -0.1) is 6.58 Å². The van der Waals surface area contributed by atoms with Crippen LogP contribution in [-0.2, 0) is 6.54 Å². The number of fused-ring (bicyclic) bond motifs is 2. The summed E-state index contributed by atoms with van der Waals surface area (Å²) in [5.74, 6) is 0. The summed E-state index contributed by atoms with van der Waals surface area (Å²) >= 11 is 3.61. The normalized spacial score (nSPS) is 15.0. The third-order valence-corrected chi connectivity index (χ3v) is 6.64. The molecule has 0 fully saturated rings. The second-order valence-corrected chi connectivity index (χ2v) is 8.26. The zero-order valence-electron chi connectivity index (χ0n) is 15.0. The Labute approximate surface area is 168 Å². The number of benzene rings is 2. The number of anilines is 1. The molecule has 134 valence electrons. The lowest BCUT2D eigenvalue weighted by atomic mass is 10.3.